The van der Waals surface area contributed by atoms with Gasteiger partial charge >= 0.3 is 0 Å². The highest BCUT2D eigenvalue weighted by atomic mass is 16.5. The van der Waals surface area contributed by atoms with Gasteiger partial charge in [0.05, 0.1) is 7.11 Å². The van der Waals surface area contributed by atoms with E-state index in [4.69, 9.17) is 4.74 Å². The van der Waals surface area contributed by atoms with Crippen molar-refractivity contribution in [3.05, 3.63) is 65.2 Å². The molecular weight excluding hydrogens is 258 g/mol. The summed E-state index contributed by atoms with van der Waals surface area (Å²) in [5.41, 5.74) is 3.97. The Morgan fingerprint density at radius 1 is 1.05 bits per heavy atom. The van der Waals surface area contributed by atoms with Crippen LogP contribution in [0.3, 0.4) is 0 Å². The maximum absolute atomic E-state index is 5.47. The van der Waals surface area contributed by atoms with Crippen LogP contribution in [0.5, 0.6) is 5.75 Å². The third kappa shape index (κ3) is 4.61. The molecule has 0 aliphatic heterocycles. The standard InChI is InChI=1S/C19H25NO/c1-4-20-18(13-16-9-7-8-15(2)12-16)14-17-10-5-6-11-19(17)21-3/h5-12,18,20H,4,13-14H2,1-3H3. The molecule has 1 unspecified atom stereocenters. The second-order valence-corrected chi connectivity index (χ2v) is 5.46. The topological polar surface area (TPSA) is 21.3 Å². The predicted molar refractivity (Wildman–Crippen MR) is 89.0 cm³/mol. The molecule has 0 aromatic heterocycles. The highest BCUT2D eigenvalue weighted by molar-refractivity contribution is 5.34. The van der Waals surface area contributed by atoms with Gasteiger partial charge in [-0.15, -0.1) is 0 Å². The highest BCUT2D eigenvalue weighted by Crippen LogP contribution is 2.20. The smallest absolute Gasteiger partial charge is 0.122 e. The molecule has 0 amide bonds. The van der Waals surface area contributed by atoms with E-state index in [0.717, 1.165) is 25.1 Å². The molecule has 0 spiro atoms. The summed E-state index contributed by atoms with van der Waals surface area (Å²) in [6.45, 7) is 5.28. The first-order valence-corrected chi connectivity index (χ1v) is 7.63. The van der Waals surface area contributed by atoms with Crippen LogP contribution in [0.2, 0.25) is 0 Å². The molecule has 0 radical (unpaired) electrons. The summed E-state index contributed by atoms with van der Waals surface area (Å²) < 4.78 is 5.47. The summed E-state index contributed by atoms with van der Waals surface area (Å²) >= 11 is 0. The Balaban J connectivity index is 2.11. The van der Waals surface area contributed by atoms with Crippen molar-refractivity contribution in [1.82, 2.24) is 5.32 Å². The average molecular weight is 283 g/mol. The van der Waals surface area contributed by atoms with Crippen molar-refractivity contribution in [2.75, 3.05) is 13.7 Å². The van der Waals surface area contributed by atoms with Gasteiger partial charge in [0.15, 0.2) is 0 Å². The summed E-state index contributed by atoms with van der Waals surface area (Å²) in [5, 5.41) is 3.59. The zero-order chi connectivity index (χ0) is 15.1. The van der Waals surface area contributed by atoms with Gasteiger partial charge in [0.1, 0.15) is 5.75 Å². The van der Waals surface area contributed by atoms with Gasteiger partial charge in [0.25, 0.3) is 0 Å². The molecule has 1 N–H and O–H groups in total. The number of methoxy groups -OCH3 is 1. The molecule has 0 saturated heterocycles. The number of rotatable bonds is 7. The van der Waals surface area contributed by atoms with Crippen LogP contribution in [0.4, 0.5) is 0 Å². The summed E-state index contributed by atoms with van der Waals surface area (Å²) in [6.07, 6.45) is 2.01. The number of hydrogen-bond donors (Lipinski definition) is 1. The number of aryl methyl sites for hydroxylation is 1. The van der Waals surface area contributed by atoms with Gasteiger partial charge in [-0.1, -0.05) is 55.0 Å². The first-order valence-electron chi connectivity index (χ1n) is 7.63. The number of hydrogen-bond acceptors (Lipinski definition) is 2. The maximum atomic E-state index is 5.47. The Kier molecular flexibility index (Phi) is 5.82. The molecule has 2 heteroatoms. The molecule has 0 fully saturated rings. The lowest BCUT2D eigenvalue weighted by atomic mass is 9.97. The average Bonchev–Trinajstić information content (AvgIpc) is 2.48. The van der Waals surface area contributed by atoms with Crippen LogP contribution in [0.25, 0.3) is 0 Å². The molecule has 0 saturated carbocycles. The Morgan fingerprint density at radius 3 is 2.57 bits per heavy atom. The minimum Gasteiger partial charge on any atom is -0.496 e. The van der Waals surface area contributed by atoms with Gasteiger partial charge in [-0.05, 0) is 43.5 Å². The first-order chi connectivity index (χ1) is 10.2. The molecule has 21 heavy (non-hydrogen) atoms. The van der Waals surface area contributed by atoms with E-state index in [1.54, 1.807) is 7.11 Å². The third-order valence-electron chi connectivity index (χ3n) is 3.72. The molecule has 1 atom stereocenters. The van der Waals surface area contributed by atoms with Gasteiger partial charge in [0, 0.05) is 6.04 Å². The fraction of sp³-hybridized carbons (Fsp3) is 0.368. The van der Waals surface area contributed by atoms with E-state index in [1.165, 1.54) is 16.7 Å². The van der Waals surface area contributed by atoms with E-state index in [0.29, 0.717) is 6.04 Å². The molecule has 0 aliphatic carbocycles. The maximum Gasteiger partial charge on any atom is 0.122 e. The molecule has 2 aromatic rings. The van der Waals surface area contributed by atoms with Gasteiger partial charge in [-0.25, -0.2) is 0 Å². The Bertz CT molecular complexity index is 565. The van der Waals surface area contributed by atoms with Crippen LogP contribution in [0, 0.1) is 6.92 Å². The van der Waals surface area contributed by atoms with Crippen molar-refractivity contribution in [3.8, 4) is 5.75 Å². The lowest BCUT2D eigenvalue weighted by molar-refractivity contribution is 0.404. The van der Waals surface area contributed by atoms with Crippen molar-refractivity contribution in [2.24, 2.45) is 0 Å². The van der Waals surface area contributed by atoms with E-state index in [1.807, 2.05) is 12.1 Å². The van der Waals surface area contributed by atoms with Gasteiger partial charge in [-0.3, -0.25) is 0 Å². The van der Waals surface area contributed by atoms with E-state index in [-0.39, 0.29) is 0 Å². The molecule has 112 valence electrons. The number of likely N-dealkylation sites (N-methyl/N-ethyl adjacent to an activating group) is 1. The molecule has 0 aliphatic rings. The second kappa shape index (κ2) is 7.84. The Hall–Kier alpha value is -1.80. The van der Waals surface area contributed by atoms with Crippen LogP contribution >= 0.6 is 0 Å². The SMILES string of the molecule is CCNC(Cc1cccc(C)c1)Cc1ccccc1OC. The van der Waals surface area contributed by atoms with Crippen LogP contribution < -0.4 is 10.1 Å². The number of benzene rings is 2. The van der Waals surface area contributed by atoms with Crippen LogP contribution in [0.1, 0.15) is 23.6 Å². The summed E-state index contributed by atoms with van der Waals surface area (Å²) in [4.78, 5) is 0. The Labute approximate surface area is 128 Å². The monoisotopic (exact) mass is 283 g/mol. The number of para-hydroxylation sites is 1. The zero-order valence-corrected chi connectivity index (χ0v) is 13.2. The summed E-state index contributed by atoms with van der Waals surface area (Å²) in [7, 11) is 1.74. The summed E-state index contributed by atoms with van der Waals surface area (Å²) in [5.74, 6) is 0.977. The third-order valence-corrected chi connectivity index (χ3v) is 3.72. The number of ether oxygens (including phenoxy) is 1. The molecule has 2 nitrogen and oxygen atoms in total. The molecule has 0 heterocycles. The van der Waals surface area contributed by atoms with Crippen molar-refractivity contribution in [1.29, 1.82) is 0 Å². The molecule has 2 rings (SSSR count). The quantitative estimate of drug-likeness (QED) is 0.835. The lowest BCUT2D eigenvalue weighted by Crippen LogP contribution is -2.33. The van der Waals surface area contributed by atoms with Crippen LogP contribution in [-0.2, 0) is 12.8 Å². The van der Waals surface area contributed by atoms with Gasteiger partial charge in [-0.2, -0.15) is 0 Å². The summed E-state index contributed by atoms with van der Waals surface area (Å²) in [6, 6.07) is 17.5. The van der Waals surface area contributed by atoms with Crippen LogP contribution in [-0.4, -0.2) is 19.7 Å². The first kappa shape index (κ1) is 15.6. The largest absolute Gasteiger partial charge is 0.496 e. The van der Waals surface area contributed by atoms with Crippen molar-refractivity contribution in [3.63, 3.8) is 0 Å². The normalized spacial score (nSPS) is 12.1. The van der Waals surface area contributed by atoms with Gasteiger partial charge < -0.3 is 10.1 Å². The van der Waals surface area contributed by atoms with Crippen molar-refractivity contribution >= 4 is 0 Å². The predicted octanol–water partition coefficient (Wildman–Crippen LogP) is 3.77. The minimum absolute atomic E-state index is 0.424. The van der Waals surface area contributed by atoms with E-state index < -0.39 is 0 Å². The number of nitrogens with one attached hydrogen (secondary N) is 1. The van der Waals surface area contributed by atoms with Crippen molar-refractivity contribution < 1.29 is 4.74 Å². The molecular formula is C19H25NO. The fourth-order valence-electron chi connectivity index (χ4n) is 2.77. The minimum atomic E-state index is 0.424. The van der Waals surface area contributed by atoms with Crippen LogP contribution in [0.15, 0.2) is 48.5 Å². The fourth-order valence-corrected chi connectivity index (χ4v) is 2.77. The van der Waals surface area contributed by atoms with E-state index >= 15 is 0 Å². The van der Waals surface area contributed by atoms with Crippen molar-refractivity contribution in [2.45, 2.75) is 32.7 Å². The van der Waals surface area contributed by atoms with E-state index in [2.05, 4.69) is 55.6 Å². The second-order valence-electron chi connectivity index (χ2n) is 5.46. The van der Waals surface area contributed by atoms with E-state index in [9.17, 15) is 0 Å². The zero-order valence-electron chi connectivity index (χ0n) is 13.2. The lowest BCUT2D eigenvalue weighted by Gasteiger charge is -2.19. The highest BCUT2D eigenvalue weighted by Gasteiger charge is 2.12. The Morgan fingerprint density at radius 2 is 1.86 bits per heavy atom. The van der Waals surface area contributed by atoms with Gasteiger partial charge in [0.2, 0.25) is 0 Å². The molecule has 0 bridgehead atoms. The molecule has 2 aromatic carbocycles.